The molecular formula is C20H23F3N2O4S. The Hall–Kier alpha value is -2.43. The molecular weight excluding hydrogens is 421 g/mol. The molecule has 0 saturated heterocycles. The van der Waals surface area contributed by atoms with E-state index in [2.05, 4.69) is 10.0 Å². The van der Waals surface area contributed by atoms with Gasteiger partial charge in [0.2, 0.25) is 15.9 Å². The van der Waals surface area contributed by atoms with Crippen LogP contribution >= 0.6 is 0 Å². The molecule has 30 heavy (non-hydrogen) atoms. The normalized spacial score (nSPS) is 13.1. The lowest BCUT2D eigenvalue weighted by Gasteiger charge is -2.18. The van der Waals surface area contributed by atoms with Gasteiger partial charge >= 0.3 is 6.18 Å². The van der Waals surface area contributed by atoms with Gasteiger partial charge in [-0.1, -0.05) is 35.9 Å². The maximum Gasteiger partial charge on any atom is 0.416 e. The first-order chi connectivity index (χ1) is 13.9. The highest BCUT2D eigenvalue weighted by molar-refractivity contribution is 7.89. The van der Waals surface area contributed by atoms with E-state index < -0.39 is 40.3 Å². The van der Waals surface area contributed by atoms with Crippen molar-refractivity contribution in [2.45, 2.75) is 37.4 Å². The van der Waals surface area contributed by atoms with Gasteiger partial charge in [0, 0.05) is 19.5 Å². The van der Waals surface area contributed by atoms with Gasteiger partial charge in [0.1, 0.15) is 0 Å². The molecule has 0 aliphatic rings. The number of benzene rings is 2. The molecule has 0 heterocycles. The third-order valence-corrected chi connectivity index (χ3v) is 6.00. The summed E-state index contributed by atoms with van der Waals surface area (Å²) in [6.45, 7) is 2.86. The molecule has 1 unspecified atom stereocenters. The van der Waals surface area contributed by atoms with E-state index in [1.54, 1.807) is 19.1 Å². The number of alkyl halides is 3. The molecule has 0 aliphatic heterocycles. The van der Waals surface area contributed by atoms with Crippen LogP contribution in [0.5, 0.6) is 0 Å². The molecule has 2 rings (SSSR count). The Bertz CT molecular complexity index is 1010. The molecule has 1 atom stereocenters. The highest BCUT2D eigenvalue weighted by Gasteiger charge is 2.34. The quantitative estimate of drug-likeness (QED) is 0.584. The van der Waals surface area contributed by atoms with Crippen LogP contribution in [0.25, 0.3) is 0 Å². The zero-order valence-electron chi connectivity index (χ0n) is 16.5. The Morgan fingerprint density at radius 1 is 1.13 bits per heavy atom. The number of rotatable bonds is 8. The molecule has 0 spiro atoms. The number of aryl methyl sites for hydroxylation is 2. The minimum atomic E-state index is -4.63. The van der Waals surface area contributed by atoms with Crippen molar-refractivity contribution in [2.75, 3.05) is 13.1 Å². The fourth-order valence-corrected chi connectivity index (χ4v) is 4.19. The van der Waals surface area contributed by atoms with Crippen LogP contribution in [0.15, 0.2) is 47.4 Å². The summed E-state index contributed by atoms with van der Waals surface area (Å²) in [5.41, 5.74) is 0.156. The fraction of sp³-hybridized carbons (Fsp3) is 0.350. The summed E-state index contributed by atoms with van der Waals surface area (Å²) in [7, 11) is -3.80. The summed E-state index contributed by atoms with van der Waals surface area (Å²) in [6, 6.07) is 9.41. The van der Waals surface area contributed by atoms with Gasteiger partial charge in [-0.05, 0) is 37.1 Å². The van der Waals surface area contributed by atoms with E-state index in [1.807, 2.05) is 6.92 Å². The zero-order valence-corrected chi connectivity index (χ0v) is 17.3. The van der Waals surface area contributed by atoms with E-state index in [9.17, 15) is 31.5 Å². The number of amides is 1. The number of carbonyl (C=O) groups excluding carboxylic acids is 1. The second-order valence-electron chi connectivity index (χ2n) is 6.82. The predicted octanol–water partition coefficient (Wildman–Crippen LogP) is 2.84. The molecule has 3 N–H and O–H groups in total. The first-order valence-electron chi connectivity index (χ1n) is 9.09. The van der Waals surface area contributed by atoms with Crippen LogP contribution in [0.1, 0.15) is 34.8 Å². The van der Waals surface area contributed by atoms with Crippen LogP contribution < -0.4 is 10.0 Å². The third-order valence-electron chi connectivity index (χ3n) is 4.38. The summed E-state index contributed by atoms with van der Waals surface area (Å²) in [6.07, 6.45) is -6.43. The molecule has 0 aromatic heterocycles. The van der Waals surface area contributed by atoms with E-state index in [-0.39, 0.29) is 23.4 Å². The van der Waals surface area contributed by atoms with Gasteiger partial charge in [0.25, 0.3) is 0 Å². The smallest absolute Gasteiger partial charge is 0.387 e. The standard InChI is InChI=1S/C20H23F3N2O4S/c1-13-7-8-18(14(2)11-13)30(28,29)25-10-9-19(27)24-12-17(26)15-5-3-4-6-16(15)20(21,22)23/h3-8,11,17,25-26H,9-10,12H2,1-2H3,(H,24,27). The largest absolute Gasteiger partial charge is 0.416 e. The average Bonchev–Trinajstić information content (AvgIpc) is 2.65. The van der Waals surface area contributed by atoms with Gasteiger partial charge in [0.05, 0.1) is 16.6 Å². The zero-order chi connectivity index (χ0) is 22.5. The van der Waals surface area contributed by atoms with Crippen LogP contribution in [0.2, 0.25) is 0 Å². The van der Waals surface area contributed by atoms with E-state index in [1.165, 1.54) is 18.2 Å². The van der Waals surface area contributed by atoms with Crippen molar-refractivity contribution in [3.63, 3.8) is 0 Å². The molecule has 1 amide bonds. The van der Waals surface area contributed by atoms with Crippen LogP contribution in [0.3, 0.4) is 0 Å². The van der Waals surface area contributed by atoms with Gasteiger partial charge in [-0.15, -0.1) is 0 Å². The van der Waals surface area contributed by atoms with E-state index in [0.29, 0.717) is 5.56 Å². The number of sulfonamides is 1. The highest BCUT2D eigenvalue weighted by atomic mass is 32.2. The van der Waals surface area contributed by atoms with Gasteiger partial charge in [0.15, 0.2) is 0 Å². The molecule has 0 aliphatic carbocycles. The van der Waals surface area contributed by atoms with Crippen molar-refractivity contribution in [3.8, 4) is 0 Å². The average molecular weight is 444 g/mol. The van der Waals surface area contributed by atoms with Crippen molar-refractivity contribution in [1.29, 1.82) is 0 Å². The summed E-state index contributed by atoms with van der Waals surface area (Å²) >= 11 is 0. The summed E-state index contributed by atoms with van der Waals surface area (Å²) in [4.78, 5) is 12.0. The van der Waals surface area contributed by atoms with Gasteiger partial charge in [-0.2, -0.15) is 13.2 Å². The van der Waals surface area contributed by atoms with E-state index >= 15 is 0 Å². The Kier molecular flexibility index (Phi) is 7.62. The Morgan fingerprint density at radius 3 is 2.43 bits per heavy atom. The molecule has 10 heteroatoms. The summed E-state index contributed by atoms with van der Waals surface area (Å²) in [5, 5.41) is 12.4. The summed E-state index contributed by atoms with van der Waals surface area (Å²) < 4.78 is 66.0. The van der Waals surface area contributed by atoms with Crippen molar-refractivity contribution >= 4 is 15.9 Å². The van der Waals surface area contributed by atoms with Crippen molar-refractivity contribution < 1.29 is 31.5 Å². The number of nitrogens with one attached hydrogen (secondary N) is 2. The minimum Gasteiger partial charge on any atom is -0.387 e. The molecule has 0 bridgehead atoms. The van der Waals surface area contributed by atoms with Crippen LogP contribution in [0, 0.1) is 13.8 Å². The van der Waals surface area contributed by atoms with Gasteiger partial charge in [-0.25, -0.2) is 13.1 Å². The number of halogens is 3. The number of carbonyl (C=O) groups is 1. The second-order valence-corrected chi connectivity index (χ2v) is 8.56. The molecule has 2 aromatic rings. The molecule has 164 valence electrons. The number of aliphatic hydroxyl groups excluding tert-OH is 1. The highest BCUT2D eigenvalue weighted by Crippen LogP contribution is 2.34. The van der Waals surface area contributed by atoms with Crippen LogP contribution in [-0.4, -0.2) is 32.5 Å². The van der Waals surface area contributed by atoms with Gasteiger partial charge < -0.3 is 10.4 Å². The van der Waals surface area contributed by atoms with Crippen LogP contribution in [-0.2, 0) is 21.0 Å². The monoisotopic (exact) mass is 444 g/mol. The number of aliphatic hydroxyl groups is 1. The summed E-state index contributed by atoms with van der Waals surface area (Å²) in [5.74, 6) is -0.609. The molecule has 0 fully saturated rings. The third kappa shape index (κ3) is 6.28. The molecule has 6 nitrogen and oxygen atoms in total. The Morgan fingerprint density at radius 2 is 1.80 bits per heavy atom. The maximum atomic E-state index is 13.0. The fourth-order valence-electron chi connectivity index (χ4n) is 2.93. The predicted molar refractivity (Wildman–Crippen MR) is 105 cm³/mol. The lowest BCUT2D eigenvalue weighted by atomic mass is 10.0. The first kappa shape index (κ1) is 23.8. The lowest BCUT2D eigenvalue weighted by Crippen LogP contribution is -2.33. The van der Waals surface area contributed by atoms with E-state index in [0.717, 1.165) is 17.7 Å². The SMILES string of the molecule is Cc1ccc(S(=O)(=O)NCCC(=O)NCC(O)c2ccccc2C(F)(F)F)c(C)c1. The Labute approximate surface area is 173 Å². The number of hydrogen-bond donors (Lipinski definition) is 3. The van der Waals surface area contributed by atoms with Crippen molar-refractivity contribution in [3.05, 3.63) is 64.7 Å². The van der Waals surface area contributed by atoms with Gasteiger partial charge in [-0.3, -0.25) is 4.79 Å². The number of hydrogen-bond acceptors (Lipinski definition) is 4. The van der Waals surface area contributed by atoms with Crippen LogP contribution in [0.4, 0.5) is 13.2 Å². The molecule has 0 radical (unpaired) electrons. The molecule has 0 saturated carbocycles. The minimum absolute atomic E-state index is 0.104. The maximum absolute atomic E-state index is 13.0. The second kappa shape index (κ2) is 9.59. The van der Waals surface area contributed by atoms with E-state index in [4.69, 9.17) is 0 Å². The molecule has 2 aromatic carbocycles. The topological polar surface area (TPSA) is 95.5 Å². The first-order valence-corrected chi connectivity index (χ1v) is 10.6. The van der Waals surface area contributed by atoms with Crippen molar-refractivity contribution in [2.24, 2.45) is 0 Å². The Balaban J connectivity index is 1.89. The van der Waals surface area contributed by atoms with Crippen molar-refractivity contribution in [1.82, 2.24) is 10.0 Å². The lowest BCUT2D eigenvalue weighted by molar-refractivity contribution is -0.139.